The first-order valence-corrected chi connectivity index (χ1v) is 23.4. The molecule has 0 aliphatic heterocycles. The Labute approximate surface area is 418 Å². The first kappa shape index (κ1) is 55.3. The van der Waals surface area contributed by atoms with Crippen LogP contribution >= 0.6 is 7.82 Å². The van der Waals surface area contributed by atoms with Gasteiger partial charge >= 0.3 is 7.82 Å². The molecule has 17 nitrogen and oxygen atoms in total. The van der Waals surface area contributed by atoms with Crippen LogP contribution in [0.25, 0.3) is 36.5 Å². The molecule has 72 heavy (non-hydrogen) atoms. The fraction of sp³-hybridized carbons (Fsp3) is 0.222. The molecule has 18 heteroatoms. The van der Waals surface area contributed by atoms with Gasteiger partial charge in [-0.3, -0.25) is 4.89 Å². The predicted octanol–water partition coefficient (Wildman–Crippen LogP) is 9.19. The first-order chi connectivity index (χ1) is 34.7. The number of rotatable bonds is 22. The van der Waals surface area contributed by atoms with Gasteiger partial charge in [-0.15, -0.1) is 0 Å². The number of aromatic hydroxyl groups is 1. The van der Waals surface area contributed by atoms with E-state index >= 15 is 0 Å². The zero-order valence-corrected chi connectivity index (χ0v) is 42.0. The molecular weight excluding hydrogens is 952 g/mol. The number of aliphatic hydroxyl groups excluding tert-OH is 4. The lowest BCUT2D eigenvalue weighted by atomic mass is 10.0. The van der Waals surface area contributed by atoms with Gasteiger partial charge in [-0.1, -0.05) is 54.7 Å². The summed E-state index contributed by atoms with van der Waals surface area (Å²) in [5.41, 5.74) is 6.51. The Morgan fingerprint density at radius 3 is 1.03 bits per heavy atom. The van der Waals surface area contributed by atoms with Crippen molar-refractivity contribution in [3.8, 4) is 63.2 Å². The minimum Gasteiger partial charge on any atom is -0.504 e. The van der Waals surface area contributed by atoms with E-state index in [1.165, 1.54) is 69.0 Å². The molecule has 0 amide bonds. The van der Waals surface area contributed by atoms with Gasteiger partial charge in [0.1, 0.15) is 11.5 Å². The van der Waals surface area contributed by atoms with Crippen LogP contribution in [0.5, 0.6) is 63.2 Å². The summed E-state index contributed by atoms with van der Waals surface area (Å²) in [5, 5.41) is 48.0. The van der Waals surface area contributed by atoms with Gasteiger partial charge in [-0.25, -0.2) is 4.57 Å². The van der Waals surface area contributed by atoms with Crippen molar-refractivity contribution in [2.45, 2.75) is 26.4 Å². The summed E-state index contributed by atoms with van der Waals surface area (Å²) in [6.45, 7) is -0.947. The van der Waals surface area contributed by atoms with Gasteiger partial charge < -0.3 is 72.5 Å². The van der Waals surface area contributed by atoms with E-state index in [1.54, 1.807) is 97.1 Å². The second-order valence-electron chi connectivity index (χ2n) is 15.2. The van der Waals surface area contributed by atoms with Gasteiger partial charge in [0.25, 0.3) is 0 Å². The van der Waals surface area contributed by atoms with E-state index in [9.17, 15) is 35.0 Å². The number of phenolic OH excluding ortho intramolecular Hbond substituents is 1. The zero-order chi connectivity index (χ0) is 52.4. The molecular formula is C54H59O17P. The molecule has 0 spiro atoms. The monoisotopic (exact) mass is 1010 g/mol. The fourth-order valence-corrected chi connectivity index (χ4v) is 8.06. The average Bonchev–Trinajstić information content (AvgIpc) is 3.40. The smallest absolute Gasteiger partial charge is 0.504 e. The standard InChI is InChI=1S/C36H39O12P.C18H20O5/c1-41-29-13-11-23(7-9-25-15-27(21-37)28(22-38)31(18-25)43-3)16-32(29)47-49(39,40)48-33-17-24(12-14-30(33)42-2)8-10-26-19-34(44-4)36(46-6)35(20-26)45-5;1-22-17-6-5-12(8-16(17)21)3-4-13-7-14(10-19)15(11-20)18(9-13)23-2/h7-20,37-38H,21-22H2,1-6H3,(H,39,40);3-9,19-21H,10-11H2,1-2H3/b9-7-,10-8-;4-3-. The third-order valence-corrected chi connectivity index (χ3v) is 11.7. The molecule has 0 radical (unpaired) electrons. The van der Waals surface area contributed by atoms with Gasteiger partial charge in [-0.2, -0.15) is 0 Å². The second kappa shape index (κ2) is 26.5. The second-order valence-corrected chi connectivity index (χ2v) is 16.5. The largest absolute Gasteiger partial charge is 0.585 e. The summed E-state index contributed by atoms with van der Waals surface area (Å²) in [7, 11) is 7.09. The minimum atomic E-state index is -4.79. The molecule has 0 aliphatic rings. The highest BCUT2D eigenvalue weighted by molar-refractivity contribution is 7.48. The zero-order valence-electron chi connectivity index (χ0n) is 41.1. The van der Waals surface area contributed by atoms with Crippen LogP contribution < -0.4 is 46.9 Å². The van der Waals surface area contributed by atoms with Gasteiger partial charge in [0, 0.05) is 11.1 Å². The molecule has 382 valence electrons. The SMILES string of the molecule is COc1ccc(/C=C\c2cc(CO)c(CO)c(OC)c2)cc1O.COc1ccc(/C=C\c2cc(CO)c(CO)c(OC)c2)cc1OP(=O)(O)Oc1cc(/C=C\c2cc(OC)c(OC)c(OC)c2)ccc1OC. The van der Waals surface area contributed by atoms with Gasteiger partial charge in [0.05, 0.1) is 83.3 Å². The van der Waals surface area contributed by atoms with Crippen LogP contribution in [0.3, 0.4) is 0 Å². The van der Waals surface area contributed by atoms with Crippen LogP contribution in [0, 0.1) is 0 Å². The number of aliphatic hydroxyl groups is 4. The van der Waals surface area contributed by atoms with Crippen molar-refractivity contribution in [1.29, 1.82) is 0 Å². The van der Waals surface area contributed by atoms with Crippen molar-refractivity contribution in [2.24, 2.45) is 0 Å². The summed E-state index contributed by atoms with van der Waals surface area (Å²) in [6.07, 6.45) is 10.7. The Balaban J connectivity index is 0.000000348. The number of phosphoric ester groups is 1. The van der Waals surface area contributed by atoms with Crippen LogP contribution in [0.1, 0.15) is 55.6 Å². The van der Waals surface area contributed by atoms with E-state index in [0.717, 1.165) is 16.7 Å². The maximum atomic E-state index is 13.3. The lowest BCUT2D eigenvalue weighted by molar-refractivity contribution is 0.254. The molecule has 0 aliphatic carbocycles. The Kier molecular flexibility index (Phi) is 20.4. The molecule has 0 fully saturated rings. The Hall–Kier alpha value is -7.63. The average molecular weight is 1010 g/mol. The normalized spacial score (nSPS) is 12.0. The summed E-state index contributed by atoms with van der Waals surface area (Å²) in [6, 6.07) is 25.4. The quantitative estimate of drug-likeness (QED) is 0.0275. The van der Waals surface area contributed by atoms with Crippen LogP contribution in [-0.2, 0) is 31.0 Å². The summed E-state index contributed by atoms with van der Waals surface area (Å²) in [4.78, 5) is 10.9. The van der Waals surface area contributed by atoms with Crippen molar-refractivity contribution >= 4 is 44.3 Å². The van der Waals surface area contributed by atoms with Crippen molar-refractivity contribution in [3.63, 3.8) is 0 Å². The molecule has 6 aromatic rings. The first-order valence-electron chi connectivity index (χ1n) is 21.9. The molecule has 1 unspecified atom stereocenters. The highest BCUT2D eigenvalue weighted by atomic mass is 31.2. The van der Waals surface area contributed by atoms with Crippen molar-refractivity contribution in [1.82, 2.24) is 0 Å². The lowest BCUT2D eigenvalue weighted by Gasteiger charge is -2.18. The van der Waals surface area contributed by atoms with E-state index in [-0.39, 0.29) is 55.2 Å². The molecule has 0 bridgehead atoms. The number of benzene rings is 6. The van der Waals surface area contributed by atoms with E-state index in [4.69, 9.17) is 46.9 Å². The molecule has 0 aromatic heterocycles. The van der Waals surface area contributed by atoms with Crippen LogP contribution in [0.2, 0.25) is 0 Å². The van der Waals surface area contributed by atoms with E-state index < -0.39 is 7.82 Å². The molecule has 6 N–H and O–H groups in total. The lowest BCUT2D eigenvalue weighted by Crippen LogP contribution is -2.03. The number of phenols is 1. The number of hydrogen-bond donors (Lipinski definition) is 6. The third-order valence-electron chi connectivity index (χ3n) is 10.8. The highest BCUT2D eigenvalue weighted by Crippen LogP contribution is 2.50. The molecule has 0 heterocycles. The highest BCUT2D eigenvalue weighted by Gasteiger charge is 2.29. The molecule has 0 saturated heterocycles. The van der Waals surface area contributed by atoms with E-state index in [2.05, 4.69) is 0 Å². The van der Waals surface area contributed by atoms with Gasteiger partial charge in [0.15, 0.2) is 46.0 Å². The van der Waals surface area contributed by atoms with Crippen LogP contribution in [0.15, 0.2) is 91.0 Å². The number of phosphoric acid groups is 1. The Bertz CT molecular complexity index is 2720. The maximum absolute atomic E-state index is 13.3. The Morgan fingerprint density at radius 1 is 0.375 bits per heavy atom. The third kappa shape index (κ3) is 14.3. The molecule has 0 saturated carbocycles. The summed E-state index contributed by atoms with van der Waals surface area (Å²) < 4.78 is 67.0. The number of ether oxygens (including phenoxy) is 8. The van der Waals surface area contributed by atoms with Gasteiger partial charge in [0.2, 0.25) is 5.75 Å². The molecule has 1 atom stereocenters. The van der Waals surface area contributed by atoms with Crippen LogP contribution in [-0.4, -0.2) is 87.3 Å². The topological polar surface area (TPSA) is 231 Å². The minimum absolute atomic E-state index is 0.0321. The summed E-state index contributed by atoms with van der Waals surface area (Å²) in [5.74, 6) is 3.20. The van der Waals surface area contributed by atoms with Crippen molar-refractivity contribution in [2.75, 3.05) is 56.9 Å². The number of hydrogen-bond acceptors (Lipinski definition) is 16. The predicted molar refractivity (Wildman–Crippen MR) is 274 cm³/mol. The summed E-state index contributed by atoms with van der Waals surface area (Å²) >= 11 is 0. The maximum Gasteiger partial charge on any atom is 0.585 e. The van der Waals surface area contributed by atoms with Gasteiger partial charge in [-0.05, 0) is 117 Å². The van der Waals surface area contributed by atoms with Crippen molar-refractivity contribution in [3.05, 3.63) is 147 Å². The van der Waals surface area contributed by atoms with Crippen LogP contribution in [0.4, 0.5) is 0 Å². The van der Waals surface area contributed by atoms with Crippen molar-refractivity contribution < 1.29 is 81.9 Å². The molecule has 6 aromatic carbocycles. The fourth-order valence-electron chi connectivity index (χ4n) is 7.24. The van der Waals surface area contributed by atoms with E-state index in [0.29, 0.717) is 73.4 Å². The molecule has 6 rings (SSSR count). The Morgan fingerprint density at radius 2 is 0.694 bits per heavy atom. The number of methoxy groups -OCH3 is 8. The van der Waals surface area contributed by atoms with E-state index in [1.807, 2.05) is 18.2 Å².